The molecule has 1 aromatic carbocycles. The van der Waals surface area contributed by atoms with Crippen LogP contribution < -0.4 is 10.1 Å². The normalized spacial score (nSPS) is 22.2. The summed E-state index contributed by atoms with van der Waals surface area (Å²) < 4.78 is 10.7. The molecule has 2 aliphatic rings. The third-order valence-corrected chi connectivity index (χ3v) is 6.39. The Morgan fingerprint density at radius 1 is 1.17 bits per heavy atom. The standard InChI is InChI=1S/C23H34N2O5/c1-23(2,3)17-6-8-18(9-7-17)30-22(28)25-13-16(14-25)21(27)24-12-15-5-10-19(26)20(11-15)29-4/h5,10-11,16-18,26H,6-9,12-14H2,1-4H3,(H,24,27). The fourth-order valence-electron chi connectivity index (χ4n) is 4.22. The van der Waals surface area contributed by atoms with Gasteiger partial charge in [-0.3, -0.25) is 4.79 Å². The molecular formula is C23H34N2O5. The number of hydrogen-bond acceptors (Lipinski definition) is 5. The predicted molar refractivity (Wildman–Crippen MR) is 113 cm³/mol. The zero-order chi connectivity index (χ0) is 21.9. The van der Waals surface area contributed by atoms with Crippen molar-refractivity contribution in [3.8, 4) is 11.5 Å². The fraction of sp³-hybridized carbons (Fsp3) is 0.652. The number of carbonyl (C=O) groups is 2. The van der Waals surface area contributed by atoms with Crippen LogP contribution in [0, 0.1) is 17.3 Å². The van der Waals surface area contributed by atoms with E-state index in [0.717, 1.165) is 31.2 Å². The molecule has 2 fully saturated rings. The minimum Gasteiger partial charge on any atom is -0.504 e. The summed E-state index contributed by atoms with van der Waals surface area (Å²) in [6.45, 7) is 7.93. The number of phenols is 1. The number of rotatable bonds is 5. The van der Waals surface area contributed by atoms with Crippen LogP contribution in [0.4, 0.5) is 4.79 Å². The van der Waals surface area contributed by atoms with Gasteiger partial charge in [-0.2, -0.15) is 0 Å². The first-order chi connectivity index (χ1) is 14.2. The molecule has 7 heteroatoms. The van der Waals surface area contributed by atoms with Gasteiger partial charge >= 0.3 is 6.09 Å². The molecule has 2 N–H and O–H groups in total. The monoisotopic (exact) mass is 418 g/mol. The van der Waals surface area contributed by atoms with Crippen LogP contribution in [0.3, 0.4) is 0 Å². The summed E-state index contributed by atoms with van der Waals surface area (Å²) in [6.07, 6.45) is 3.71. The van der Waals surface area contributed by atoms with Crippen molar-refractivity contribution < 1.29 is 24.2 Å². The van der Waals surface area contributed by atoms with Crippen molar-refractivity contribution in [3.05, 3.63) is 23.8 Å². The zero-order valence-electron chi connectivity index (χ0n) is 18.4. The van der Waals surface area contributed by atoms with Gasteiger partial charge in [0, 0.05) is 19.6 Å². The van der Waals surface area contributed by atoms with Gasteiger partial charge in [-0.15, -0.1) is 0 Å². The summed E-state index contributed by atoms with van der Waals surface area (Å²) in [5.74, 6) is 0.812. The summed E-state index contributed by atoms with van der Waals surface area (Å²) in [6, 6.07) is 4.96. The number of aromatic hydroxyl groups is 1. The van der Waals surface area contributed by atoms with Crippen LogP contribution in [-0.4, -0.2) is 48.3 Å². The highest BCUT2D eigenvalue weighted by atomic mass is 16.6. The van der Waals surface area contributed by atoms with Crippen molar-refractivity contribution in [1.82, 2.24) is 10.2 Å². The lowest BCUT2D eigenvalue weighted by atomic mass is 9.72. The van der Waals surface area contributed by atoms with E-state index < -0.39 is 0 Å². The van der Waals surface area contributed by atoms with Gasteiger partial charge in [0.2, 0.25) is 5.91 Å². The molecule has 1 heterocycles. The second kappa shape index (κ2) is 9.14. The molecule has 1 aromatic rings. The van der Waals surface area contributed by atoms with E-state index in [1.54, 1.807) is 17.0 Å². The Morgan fingerprint density at radius 3 is 2.43 bits per heavy atom. The summed E-state index contributed by atoms with van der Waals surface area (Å²) in [5.41, 5.74) is 1.14. The number of amides is 2. The van der Waals surface area contributed by atoms with Crippen molar-refractivity contribution in [2.75, 3.05) is 20.2 Å². The maximum atomic E-state index is 12.4. The largest absolute Gasteiger partial charge is 0.504 e. The molecular weight excluding hydrogens is 384 g/mol. The van der Waals surface area contributed by atoms with Crippen molar-refractivity contribution in [1.29, 1.82) is 0 Å². The van der Waals surface area contributed by atoms with Crippen molar-refractivity contribution in [3.63, 3.8) is 0 Å². The van der Waals surface area contributed by atoms with Gasteiger partial charge in [0.1, 0.15) is 6.10 Å². The minimum atomic E-state index is -0.304. The molecule has 166 valence electrons. The first-order valence-corrected chi connectivity index (χ1v) is 10.8. The summed E-state index contributed by atoms with van der Waals surface area (Å²) in [4.78, 5) is 26.3. The molecule has 2 amide bonds. The second-order valence-corrected chi connectivity index (χ2v) is 9.55. The maximum Gasteiger partial charge on any atom is 0.410 e. The number of methoxy groups -OCH3 is 1. The summed E-state index contributed by atoms with van der Waals surface area (Å²) >= 11 is 0. The molecule has 0 bridgehead atoms. The second-order valence-electron chi connectivity index (χ2n) is 9.55. The number of nitrogens with one attached hydrogen (secondary N) is 1. The summed E-state index contributed by atoms with van der Waals surface area (Å²) in [5, 5.41) is 12.5. The Kier molecular flexibility index (Phi) is 6.78. The van der Waals surface area contributed by atoms with Crippen molar-refractivity contribution in [2.24, 2.45) is 17.3 Å². The van der Waals surface area contributed by atoms with Crippen LogP contribution in [0.2, 0.25) is 0 Å². The fourth-order valence-corrected chi connectivity index (χ4v) is 4.22. The highest BCUT2D eigenvalue weighted by Crippen LogP contribution is 2.38. The van der Waals surface area contributed by atoms with E-state index in [4.69, 9.17) is 9.47 Å². The number of nitrogens with zero attached hydrogens (tertiary/aromatic N) is 1. The van der Waals surface area contributed by atoms with Crippen LogP contribution >= 0.6 is 0 Å². The van der Waals surface area contributed by atoms with Crippen molar-refractivity contribution >= 4 is 12.0 Å². The van der Waals surface area contributed by atoms with E-state index in [-0.39, 0.29) is 29.8 Å². The first kappa shape index (κ1) is 22.2. The molecule has 7 nitrogen and oxygen atoms in total. The lowest BCUT2D eigenvalue weighted by molar-refractivity contribution is -0.129. The Labute approximate surface area is 178 Å². The number of likely N-dealkylation sites (tertiary alicyclic amines) is 1. The van der Waals surface area contributed by atoms with Gasteiger partial charge in [0.05, 0.1) is 13.0 Å². The quantitative estimate of drug-likeness (QED) is 0.761. The predicted octanol–water partition coefficient (Wildman–Crippen LogP) is 3.69. The maximum absolute atomic E-state index is 12.4. The highest BCUT2D eigenvalue weighted by Gasteiger charge is 2.38. The minimum absolute atomic E-state index is 0.00606. The molecule has 0 radical (unpaired) electrons. The van der Waals surface area contributed by atoms with Crippen LogP contribution in [-0.2, 0) is 16.1 Å². The molecule has 0 atom stereocenters. The Hall–Kier alpha value is -2.44. The van der Waals surface area contributed by atoms with E-state index in [1.165, 1.54) is 13.2 Å². The van der Waals surface area contributed by atoms with Gasteiger partial charge < -0.3 is 24.8 Å². The third-order valence-electron chi connectivity index (χ3n) is 6.39. The zero-order valence-corrected chi connectivity index (χ0v) is 18.4. The topological polar surface area (TPSA) is 88.1 Å². The van der Waals surface area contributed by atoms with Gasteiger partial charge in [0.15, 0.2) is 11.5 Å². The molecule has 0 spiro atoms. The third kappa shape index (κ3) is 5.37. The van der Waals surface area contributed by atoms with Crippen LogP contribution in [0.15, 0.2) is 18.2 Å². The average Bonchev–Trinajstić information content (AvgIpc) is 2.66. The van der Waals surface area contributed by atoms with E-state index in [2.05, 4.69) is 26.1 Å². The molecule has 0 aromatic heterocycles. The van der Waals surface area contributed by atoms with E-state index >= 15 is 0 Å². The van der Waals surface area contributed by atoms with Gasteiger partial charge in [-0.25, -0.2) is 4.79 Å². The first-order valence-electron chi connectivity index (χ1n) is 10.8. The summed E-state index contributed by atoms with van der Waals surface area (Å²) in [7, 11) is 1.48. The molecule has 0 unspecified atom stereocenters. The lowest BCUT2D eigenvalue weighted by Gasteiger charge is -2.40. The Balaban J connectivity index is 1.37. The number of phenolic OH excluding ortho intramolecular Hbond substituents is 1. The molecule has 1 aliphatic carbocycles. The lowest BCUT2D eigenvalue weighted by Crippen LogP contribution is -2.56. The van der Waals surface area contributed by atoms with Crippen LogP contribution in [0.1, 0.15) is 52.0 Å². The van der Waals surface area contributed by atoms with Gasteiger partial charge in [-0.05, 0) is 54.7 Å². The molecule has 1 aliphatic heterocycles. The molecule has 3 rings (SSSR count). The number of hydrogen-bond donors (Lipinski definition) is 2. The van der Waals surface area contributed by atoms with E-state index in [0.29, 0.717) is 36.7 Å². The SMILES string of the molecule is COc1cc(CNC(=O)C2CN(C(=O)OC3CCC(C(C)(C)C)CC3)C2)ccc1O. The average molecular weight is 419 g/mol. The van der Waals surface area contributed by atoms with E-state index in [1.807, 2.05) is 0 Å². The molecule has 1 saturated heterocycles. The highest BCUT2D eigenvalue weighted by molar-refractivity contribution is 5.82. The number of carbonyl (C=O) groups excluding carboxylic acids is 2. The smallest absolute Gasteiger partial charge is 0.410 e. The number of ether oxygens (including phenoxy) is 2. The van der Waals surface area contributed by atoms with Gasteiger partial charge in [0.25, 0.3) is 0 Å². The molecule has 30 heavy (non-hydrogen) atoms. The van der Waals surface area contributed by atoms with E-state index in [9.17, 15) is 14.7 Å². The number of benzene rings is 1. The van der Waals surface area contributed by atoms with Gasteiger partial charge in [-0.1, -0.05) is 26.8 Å². The Morgan fingerprint density at radius 2 is 1.83 bits per heavy atom. The van der Waals surface area contributed by atoms with Crippen LogP contribution in [0.5, 0.6) is 11.5 Å². The Bertz CT molecular complexity index is 759. The van der Waals surface area contributed by atoms with Crippen LogP contribution in [0.25, 0.3) is 0 Å². The molecule has 1 saturated carbocycles. The van der Waals surface area contributed by atoms with Crippen molar-refractivity contribution in [2.45, 2.75) is 59.1 Å².